The topological polar surface area (TPSA) is 61.4 Å². The highest BCUT2D eigenvalue weighted by molar-refractivity contribution is 5.07. The zero-order valence-corrected chi connectivity index (χ0v) is 8.47. The maximum absolute atomic E-state index is 4.31. The molecule has 0 spiro atoms. The molecule has 0 amide bonds. The van der Waals surface area contributed by atoms with Gasteiger partial charge < -0.3 is 0 Å². The van der Waals surface area contributed by atoms with Crippen LogP contribution in [0.25, 0.3) is 0 Å². The Morgan fingerprint density at radius 3 is 2.57 bits per heavy atom. The van der Waals surface area contributed by atoms with Crippen LogP contribution in [-0.2, 0) is 13.6 Å². The summed E-state index contributed by atoms with van der Waals surface area (Å²) < 4.78 is 1.87. The molecule has 0 unspecified atom stereocenters. The van der Waals surface area contributed by atoms with E-state index in [1.54, 1.807) is 7.05 Å². The maximum Gasteiger partial charge on any atom is 0.196 e. The minimum absolute atomic E-state index is 0.577. The summed E-state index contributed by atoms with van der Waals surface area (Å²) in [5.41, 5.74) is 2.11. The monoisotopic (exact) mass is 192 g/mol. The highest BCUT2D eigenvalue weighted by Gasteiger charge is 2.05. The van der Waals surface area contributed by atoms with E-state index in [0.717, 1.165) is 11.4 Å². The molecule has 0 N–H and O–H groups in total. The van der Waals surface area contributed by atoms with E-state index in [1.807, 2.05) is 24.6 Å². The summed E-state index contributed by atoms with van der Waals surface area (Å²) in [6.45, 7) is 4.55. The predicted octanol–water partition coefficient (Wildman–Crippen LogP) is 0.0717. The summed E-state index contributed by atoms with van der Waals surface area (Å²) in [6, 6.07) is 2.02. The molecule has 0 atom stereocenters. The summed E-state index contributed by atoms with van der Waals surface area (Å²) in [6.07, 6.45) is 0. The first kappa shape index (κ1) is 8.86. The lowest BCUT2D eigenvalue weighted by Gasteiger charge is -1.98. The van der Waals surface area contributed by atoms with Crippen LogP contribution in [0.1, 0.15) is 17.2 Å². The van der Waals surface area contributed by atoms with E-state index in [-0.39, 0.29) is 0 Å². The third kappa shape index (κ3) is 1.63. The van der Waals surface area contributed by atoms with Crippen molar-refractivity contribution in [1.82, 2.24) is 30.0 Å². The first-order valence-electron chi connectivity index (χ1n) is 4.39. The Morgan fingerprint density at radius 2 is 2.07 bits per heavy atom. The summed E-state index contributed by atoms with van der Waals surface area (Å²) in [5.74, 6) is 0.679. The van der Waals surface area contributed by atoms with Gasteiger partial charge in [-0.2, -0.15) is 9.90 Å². The van der Waals surface area contributed by atoms with E-state index < -0.39 is 0 Å². The van der Waals surface area contributed by atoms with Gasteiger partial charge in [-0.25, -0.2) is 0 Å². The highest BCUT2D eigenvalue weighted by atomic mass is 15.6. The number of tetrazole rings is 1. The van der Waals surface area contributed by atoms with Crippen LogP contribution in [0.15, 0.2) is 6.07 Å². The van der Waals surface area contributed by atoms with Crippen molar-refractivity contribution in [3.05, 3.63) is 23.3 Å². The van der Waals surface area contributed by atoms with Gasteiger partial charge in [0.25, 0.3) is 0 Å². The van der Waals surface area contributed by atoms with Crippen LogP contribution in [0.5, 0.6) is 0 Å². The van der Waals surface area contributed by atoms with Gasteiger partial charge in [0.05, 0.1) is 12.7 Å². The lowest BCUT2D eigenvalue weighted by molar-refractivity contribution is 0.610. The zero-order valence-electron chi connectivity index (χ0n) is 8.47. The van der Waals surface area contributed by atoms with Gasteiger partial charge in [-0.05, 0) is 25.1 Å². The first-order chi connectivity index (χ1) is 6.65. The zero-order chi connectivity index (χ0) is 10.1. The van der Waals surface area contributed by atoms with Crippen LogP contribution in [0.3, 0.4) is 0 Å². The molecule has 2 heterocycles. The number of aromatic nitrogens is 6. The fraction of sp³-hybridized carbons (Fsp3) is 0.500. The van der Waals surface area contributed by atoms with Gasteiger partial charge in [0.1, 0.15) is 6.54 Å². The molecular formula is C8H12N6. The quantitative estimate of drug-likeness (QED) is 0.675. The lowest BCUT2D eigenvalue weighted by atomic mass is 10.4. The molecule has 6 nitrogen and oxygen atoms in total. The third-order valence-corrected chi connectivity index (χ3v) is 1.94. The van der Waals surface area contributed by atoms with Gasteiger partial charge in [-0.1, -0.05) is 0 Å². The summed E-state index contributed by atoms with van der Waals surface area (Å²) >= 11 is 0. The molecule has 0 saturated heterocycles. The molecule has 0 radical (unpaired) electrons. The van der Waals surface area contributed by atoms with E-state index in [4.69, 9.17) is 0 Å². The van der Waals surface area contributed by atoms with Crippen LogP contribution in [-0.4, -0.2) is 30.0 Å². The van der Waals surface area contributed by atoms with Crippen LogP contribution in [0.2, 0.25) is 0 Å². The Morgan fingerprint density at radius 1 is 1.29 bits per heavy atom. The Hall–Kier alpha value is -1.72. The minimum atomic E-state index is 0.577. The van der Waals surface area contributed by atoms with Gasteiger partial charge in [0.15, 0.2) is 5.82 Å². The van der Waals surface area contributed by atoms with Crippen LogP contribution >= 0.6 is 0 Å². The number of rotatable bonds is 2. The van der Waals surface area contributed by atoms with E-state index >= 15 is 0 Å². The first-order valence-corrected chi connectivity index (χ1v) is 4.39. The standard InChI is InChI=1S/C8H12N6/c1-6-4-7(2)14(10-6)5-8-9-12-13(3)11-8/h4H,5H2,1-3H3. The van der Waals surface area contributed by atoms with E-state index in [2.05, 4.69) is 20.5 Å². The second-order valence-electron chi connectivity index (χ2n) is 3.28. The number of hydrogen-bond acceptors (Lipinski definition) is 4. The van der Waals surface area contributed by atoms with Crippen molar-refractivity contribution in [3.63, 3.8) is 0 Å². The van der Waals surface area contributed by atoms with Crippen molar-refractivity contribution in [2.45, 2.75) is 20.4 Å². The van der Waals surface area contributed by atoms with E-state index in [9.17, 15) is 0 Å². The largest absolute Gasteiger partial charge is 0.262 e. The van der Waals surface area contributed by atoms with Crippen molar-refractivity contribution in [2.75, 3.05) is 0 Å². The van der Waals surface area contributed by atoms with Crippen molar-refractivity contribution in [1.29, 1.82) is 0 Å². The third-order valence-electron chi connectivity index (χ3n) is 1.94. The van der Waals surface area contributed by atoms with Gasteiger partial charge in [-0.3, -0.25) is 4.68 Å². The Bertz CT molecular complexity index is 440. The van der Waals surface area contributed by atoms with Crippen LogP contribution < -0.4 is 0 Å². The smallest absolute Gasteiger partial charge is 0.196 e. The Labute approximate surface area is 81.5 Å². The molecule has 0 aromatic carbocycles. The highest BCUT2D eigenvalue weighted by Crippen LogP contribution is 2.03. The fourth-order valence-corrected chi connectivity index (χ4v) is 1.36. The van der Waals surface area contributed by atoms with Crippen molar-refractivity contribution < 1.29 is 0 Å². The molecule has 0 aliphatic carbocycles. The number of nitrogens with zero attached hydrogens (tertiary/aromatic N) is 6. The van der Waals surface area contributed by atoms with Gasteiger partial charge >= 0.3 is 0 Å². The second kappa shape index (κ2) is 3.21. The molecule has 0 bridgehead atoms. The molecule has 0 saturated carbocycles. The molecule has 74 valence electrons. The molecule has 0 aliphatic heterocycles. The predicted molar refractivity (Wildman–Crippen MR) is 49.6 cm³/mol. The van der Waals surface area contributed by atoms with Crippen molar-refractivity contribution in [2.24, 2.45) is 7.05 Å². The molecule has 0 aliphatic rings. The average molecular weight is 192 g/mol. The molecule has 14 heavy (non-hydrogen) atoms. The minimum Gasteiger partial charge on any atom is -0.262 e. The summed E-state index contributed by atoms with van der Waals surface area (Å²) in [7, 11) is 1.75. The summed E-state index contributed by atoms with van der Waals surface area (Å²) in [4.78, 5) is 1.45. The molecule has 2 aromatic rings. The maximum atomic E-state index is 4.31. The summed E-state index contributed by atoms with van der Waals surface area (Å²) in [5, 5.41) is 16.1. The Balaban J connectivity index is 2.22. The van der Waals surface area contributed by atoms with Crippen molar-refractivity contribution >= 4 is 0 Å². The molecule has 2 rings (SSSR count). The van der Waals surface area contributed by atoms with E-state index in [0.29, 0.717) is 12.4 Å². The lowest BCUT2D eigenvalue weighted by Crippen LogP contribution is -2.06. The van der Waals surface area contributed by atoms with Gasteiger partial charge in [-0.15, -0.1) is 10.2 Å². The fourth-order valence-electron chi connectivity index (χ4n) is 1.36. The average Bonchev–Trinajstić information content (AvgIpc) is 2.61. The molecule has 0 fully saturated rings. The number of hydrogen-bond donors (Lipinski definition) is 0. The number of aryl methyl sites for hydroxylation is 3. The molecule has 6 heteroatoms. The van der Waals surface area contributed by atoms with Gasteiger partial charge in [0, 0.05) is 5.69 Å². The normalized spacial score (nSPS) is 10.8. The van der Waals surface area contributed by atoms with Crippen molar-refractivity contribution in [3.8, 4) is 0 Å². The Kier molecular flexibility index (Phi) is 2.03. The van der Waals surface area contributed by atoms with Gasteiger partial charge in [0.2, 0.25) is 0 Å². The van der Waals surface area contributed by atoms with Crippen LogP contribution in [0.4, 0.5) is 0 Å². The SMILES string of the molecule is Cc1cc(C)n(Cc2nnn(C)n2)n1. The van der Waals surface area contributed by atoms with Crippen LogP contribution in [0, 0.1) is 13.8 Å². The van der Waals surface area contributed by atoms with E-state index in [1.165, 1.54) is 4.80 Å². The molecular weight excluding hydrogens is 180 g/mol. The molecule has 2 aromatic heterocycles. The second-order valence-corrected chi connectivity index (χ2v) is 3.28.